The van der Waals surface area contributed by atoms with Gasteiger partial charge in [-0.25, -0.2) is 0 Å². The summed E-state index contributed by atoms with van der Waals surface area (Å²) in [5, 5.41) is 3.04. The maximum Gasteiger partial charge on any atom is 0.309 e. The molecule has 1 N–H and O–H groups in total. The number of esters is 1. The summed E-state index contributed by atoms with van der Waals surface area (Å²) in [5.74, 6) is -0.793. The molecule has 2 fully saturated rings. The van der Waals surface area contributed by atoms with Crippen LogP contribution >= 0.6 is 0 Å². The number of carbonyl (C=O) groups excluding carboxylic acids is 3. The first-order chi connectivity index (χ1) is 14.5. The number of aryl methyl sites for hydroxylation is 1. The van der Waals surface area contributed by atoms with Gasteiger partial charge in [0.2, 0.25) is 0 Å². The lowest BCUT2D eigenvalue weighted by Crippen LogP contribution is -2.44. The van der Waals surface area contributed by atoms with Crippen LogP contribution in [0.3, 0.4) is 0 Å². The van der Waals surface area contributed by atoms with Crippen LogP contribution in [0.15, 0.2) is 24.3 Å². The van der Waals surface area contributed by atoms with E-state index in [-0.39, 0.29) is 29.7 Å². The lowest BCUT2D eigenvalue weighted by Gasteiger charge is -2.31. The van der Waals surface area contributed by atoms with Crippen molar-refractivity contribution in [2.45, 2.75) is 77.4 Å². The highest BCUT2D eigenvalue weighted by Gasteiger charge is 2.31. The standard InChI is InChI=1S/C24H34N2O4/c1-17-9-7-8-12-21(17)23(28)26-15-13-19(14-16-26)24(29)30-18(2)22(27)25-20-10-5-3-4-6-11-20/h7-9,12,18-20H,3-6,10-11,13-16H2,1-2H3,(H,25,27)/t18-/m0/s1. The molecule has 1 aliphatic heterocycles. The van der Waals surface area contributed by atoms with Crippen LogP contribution in [0.4, 0.5) is 0 Å². The molecule has 1 heterocycles. The zero-order valence-corrected chi connectivity index (χ0v) is 18.2. The van der Waals surface area contributed by atoms with Crippen molar-refractivity contribution >= 4 is 17.8 Å². The number of nitrogens with one attached hydrogen (secondary N) is 1. The van der Waals surface area contributed by atoms with Crippen molar-refractivity contribution in [1.29, 1.82) is 0 Å². The van der Waals surface area contributed by atoms with Gasteiger partial charge in [0, 0.05) is 24.7 Å². The second-order valence-corrected chi connectivity index (χ2v) is 8.66. The normalized spacial score (nSPS) is 19.6. The number of amides is 2. The highest BCUT2D eigenvalue weighted by Crippen LogP contribution is 2.22. The Labute approximate surface area is 179 Å². The van der Waals surface area contributed by atoms with Crippen LogP contribution in [0.1, 0.15) is 74.2 Å². The molecule has 3 rings (SSSR count). The van der Waals surface area contributed by atoms with Crippen molar-refractivity contribution < 1.29 is 19.1 Å². The summed E-state index contributed by atoms with van der Waals surface area (Å²) >= 11 is 0. The average Bonchev–Trinajstić information content (AvgIpc) is 3.02. The van der Waals surface area contributed by atoms with E-state index in [1.807, 2.05) is 31.2 Å². The molecule has 1 saturated heterocycles. The quantitative estimate of drug-likeness (QED) is 0.590. The number of benzene rings is 1. The number of carbonyl (C=O) groups is 3. The monoisotopic (exact) mass is 414 g/mol. The molecule has 2 amide bonds. The van der Waals surface area contributed by atoms with Gasteiger partial charge in [-0.05, 0) is 51.2 Å². The Morgan fingerprint density at radius 3 is 2.27 bits per heavy atom. The average molecular weight is 415 g/mol. The van der Waals surface area contributed by atoms with Gasteiger partial charge in [-0.1, -0.05) is 43.9 Å². The summed E-state index contributed by atoms with van der Waals surface area (Å²) in [6.45, 7) is 4.62. The van der Waals surface area contributed by atoms with Gasteiger partial charge >= 0.3 is 5.97 Å². The summed E-state index contributed by atoms with van der Waals surface area (Å²) in [5.41, 5.74) is 1.67. The molecule has 6 nitrogen and oxygen atoms in total. The molecule has 1 saturated carbocycles. The van der Waals surface area contributed by atoms with Gasteiger partial charge in [0.15, 0.2) is 6.10 Å². The smallest absolute Gasteiger partial charge is 0.309 e. The van der Waals surface area contributed by atoms with E-state index < -0.39 is 6.10 Å². The van der Waals surface area contributed by atoms with Crippen LogP contribution < -0.4 is 5.32 Å². The molecule has 0 spiro atoms. The molecule has 0 aromatic heterocycles. The third kappa shape index (κ3) is 5.83. The molecule has 0 bridgehead atoms. The maximum absolute atomic E-state index is 12.7. The van der Waals surface area contributed by atoms with E-state index in [9.17, 15) is 14.4 Å². The molecule has 1 atom stereocenters. The third-order valence-corrected chi connectivity index (χ3v) is 6.35. The number of rotatable bonds is 5. The predicted octanol–water partition coefficient (Wildman–Crippen LogP) is 3.62. The van der Waals surface area contributed by atoms with E-state index in [1.54, 1.807) is 11.8 Å². The lowest BCUT2D eigenvalue weighted by atomic mass is 9.96. The summed E-state index contributed by atoms with van der Waals surface area (Å²) in [6.07, 6.45) is 7.06. The number of piperidine rings is 1. The molecule has 30 heavy (non-hydrogen) atoms. The number of ether oxygens (including phenoxy) is 1. The highest BCUT2D eigenvalue weighted by molar-refractivity contribution is 5.95. The summed E-state index contributed by atoms with van der Waals surface area (Å²) in [4.78, 5) is 39.5. The van der Waals surface area contributed by atoms with Gasteiger partial charge in [0.1, 0.15) is 0 Å². The summed E-state index contributed by atoms with van der Waals surface area (Å²) in [7, 11) is 0. The highest BCUT2D eigenvalue weighted by atomic mass is 16.5. The van der Waals surface area contributed by atoms with E-state index in [2.05, 4.69) is 5.32 Å². The Bertz CT molecular complexity index is 747. The Morgan fingerprint density at radius 1 is 1.00 bits per heavy atom. The molecule has 1 aromatic rings. The molecule has 6 heteroatoms. The maximum atomic E-state index is 12.7. The molecule has 0 radical (unpaired) electrons. The molecule has 164 valence electrons. The molecular formula is C24H34N2O4. The zero-order chi connectivity index (χ0) is 21.5. The minimum absolute atomic E-state index is 0.0102. The van der Waals surface area contributed by atoms with E-state index in [0.29, 0.717) is 31.5 Å². The van der Waals surface area contributed by atoms with Crippen molar-refractivity contribution in [3.63, 3.8) is 0 Å². The van der Waals surface area contributed by atoms with Crippen molar-refractivity contribution in [2.24, 2.45) is 5.92 Å². The zero-order valence-electron chi connectivity index (χ0n) is 18.2. The topological polar surface area (TPSA) is 75.7 Å². The minimum Gasteiger partial charge on any atom is -0.452 e. The summed E-state index contributed by atoms with van der Waals surface area (Å²) < 4.78 is 5.47. The van der Waals surface area contributed by atoms with Crippen molar-refractivity contribution in [2.75, 3.05) is 13.1 Å². The van der Waals surface area contributed by atoms with Crippen LogP contribution in [-0.4, -0.2) is 47.9 Å². The Kier molecular flexibility index (Phi) is 7.88. The van der Waals surface area contributed by atoms with E-state index in [1.165, 1.54) is 12.8 Å². The Morgan fingerprint density at radius 2 is 1.63 bits per heavy atom. The van der Waals surface area contributed by atoms with Gasteiger partial charge in [-0.15, -0.1) is 0 Å². The van der Waals surface area contributed by atoms with E-state index >= 15 is 0 Å². The molecular weight excluding hydrogens is 380 g/mol. The van der Waals surface area contributed by atoms with Gasteiger partial charge in [-0.2, -0.15) is 0 Å². The summed E-state index contributed by atoms with van der Waals surface area (Å²) in [6, 6.07) is 7.75. The lowest BCUT2D eigenvalue weighted by molar-refractivity contribution is -0.160. The number of hydrogen-bond acceptors (Lipinski definition) is 4. The molecule has 0 unspecified atom stereocenters. The van der Waals surface area contributed by atoms with Gasteiger partial charge in [0.25, 0.3) is 11.8 Å². The van der Waals surface area contributed by atoms with Crippen LogP contribution in [0.5, 0.6) is 0 Å². The second kappa shape index (κ2) is 10.6. The largest absolute Gasteiger partial charge is 0.452 e. The first kappa shape index (κ1) is 22.3. The van der Waals surface area contributed by atoms with Gasteiger partial charge in [0.05, 0.1) is 5.92 Å². The van der Waals surface area contributed by atoms with Crippen LogP contribution in [0, 0.1) is 12.8 Å². The van der Waals surface area contributed by atoms with Gasteiger partial charge in [-0.3, -0.25) is 14.4 Å². The van der Waals surface area contributed by atoms with Crippen LogP contribution in [0.2, 0.25) is 0 Å². The van der Waals surface area contributed by atoms with Crippen LogP contribution in [0.25, 0.3) is 0 Å². The number of hydrogen-bond donors (Lipinski definition) is 1. The fourth-order valence-corrected chi connectivity index (χ4v) is 4.37. The van der Waals surface area contributed by atoms with Crippen molar-refractivity contribution in [1.82, 2.24) is 10.2 Å². The fraction of sp³-hybridized carbons (Fsp3) is 0.625. The SMILES string of the molecule is Cc1ccccc1C(=O)N1CCC(C(=O)O[C@@H](C)C(=O)NC2CCCCCC2)CC1. The third-order valence-electron chi connectivity index (χ3n) is 6.35. The number of likely N-dealkylation sites (tertiary alicyclic amines) is 1. The second-order valence-electron chi connectivity index (χ2n) is 8.66. The van der Waals surface area contributed by atoms with Crippen molar-refractivity contribution in [3.05, 3.63) is 35.4 Å². The molecule has 2 aliphatic rings. The molecule has 1 aromatic carbocycles. The van der Waals surface area contributed by atoms with E-state index in [0.717, 1.165) is 31.2 Å². The molecule has 1 aliphatic carbocycles. The van der Waals surface area contributed by atoms with Crippen LogP contribution in [-0.2, 0) is 14.3 Å². The Balaban J connectivity index is 1.45. The van der Waals surface area contributed by atoms with E-state index in [4.69, 9.17) is 4.74 Å². The van der Waals surface area contributed by atoms with Crippen molar-refractivity contribution in [3.8, 4) is 0 Å². The number of nitrogens with zero attached hydrogens (tertiary/aromatic N) is 1. The Hall–Kier alpha value is -2.37. The fourth-order valence-electron chi connectivity index (χ4n) is 4.37. The minimum atomic E-state index is -0.785. The first-order valence-electron chi connectivity index (χ1n) is 11.3. The van der Waals surface area contributed by atoms with Gasteiger partial charge < -0.3 is 15.0 Å². The first-order valence-corrected chi connectivity index (χ1v) is 11.3. The predicted molar refractivity (Wildman–Crippen MR) is 115 cm³/mol.